The lowest BCUT2D eigenvalue weighted by Gasteiger charge is -2.28. The second kappa shape index (κ2) is 24.7. The number of aliphatic carboxylic acids is 1. The minimum atomic E-state index is -1.79. The van der Waals surface area contributed by atoms with Gasteiger partial charge in [0.25, 0.3) is 0 Å². The van der Waals surface area contributed by atoms with E-state index < -0.39 is 120 Å². The lowest BCUT2D eigenvalue weighted by Crippen LogP contribution is -2.62. The number of carboxylic acid groups (broad SMARTS) is 1. The van der Waals surface area contributed by atoms with Crippen molar-refractivity contribution in [1.82, 2.24) is 47.9 Å². The molecule has 1 saturated heterocycles. The van der Waals surface area contributed by atoms with Crippen molar-refractivity contribution < 1.29 is 58.2 Å². The Morgan fingerprint density at radius 3 is 1.96 bits per heavy atom. The smallest absolute Gasteiger partial charge is 0.305 e. The fourth-order valence-corrected chi connectivity index (χ4v) is 10.1. The summed E-state index contributed by atoms with van der Waals surface area (Å²) in [6, 6.07) is -1.06. The van der Waals surface area contributed by atoms with Crippen LogP contribution >= 0.6 is 21.6 Å². The molecule has 22 nitrogen and oxygen atoms in total. The molecule has 0 aromatic heterocycles. The lowest BCUT2D eigenvalue weighted by atomic mass is 9.94. The van der Waals surface area contributed by atoms with Crippen molar-refractivity contribution in [2.75, 3.05) is 31.1 Å². The van der Waals surface area contributed by atoms with Gasteiger partial charge in [-0.05, 0) is 61.8 Å². The van der Waals surface area contributed by atoms with Crippen LogP contribution in [0.15, 0.2) is 58.1 Å². The predicted octanol–water partition coefficient (Wildman–Crippen LogP) is -2.34. The zero-order valence-corrected chi connectivity index (χ0v) is 39.6. The molecule has 3 aliphatic heterocycles. The Balaban J connectivity index is 1.48. The number of nitrogens with zero attached hydrogens (tertiary/aromatic N) is 1. The minimum Gasteiger partial charge on any atom is -0.481 e. The number of carbonyl (C=O) groups excluding carboxylic acids is 9. The highest BCUT2D eigenvalue weighted by Gasteiger charge is 2.36. The molecular formula is C44H58N10O12S2. The van der Waals surface area contributed by atoms with E-state index in [-0.39, 0.29) is 36.8 Å². The van der Waals surface area contributed by atoms with Crippen molar-refractivity contribution in [1.29, 1.82) is 0 Å². The molecule has 368 valence electrons. The van der Waals surface area contributed by atoms with Crippen LogP contribution in [0.3, 0.4) is 0 Å². The first-order valence-electron chi connectivity index (χ1n) is 22.1. The first kappa shape index (κ1) is 52.7. The molecule has 1 aromatic carbocycles. The number of carboxylic acids is 1. The van der Waals surface area contributed by atoms with E-state index in [1.165, 1.54) is 20.8 Å². The van der Waals surface area contributed by atoms with E-state index in [4.69, 9.17) is 0 Å². The zero-order chi connectivity index (χ0) is 49.7. The van der Waals surface area contributed by atoms with E-state index in [1.54, 1.807) is 30.3 Å². The molecule has 1 aromatic rings. The Hall–Kier alpha value is -6.27. The highest BCUT2D eigenvalue weighted by Crippen LogP contribution is 2.36. The SMILES string of the molecule is C[C@@H]1NC(=O)CC2=C[C@H](C)C/C2=C2\CCN=C2CNC(=O)[C@H](Cc2ccccc2)NC(=O)CNC(=O)[C@H](CC(=O)O)NC(=O)[C@H]2CSSC[C@@H](NC1=O)C(=O)N[C@@H](C)C(=O)N[C@@H]([C@@H](C)O)C(=O)N2. The summed E-state index contributed by atoms with van der Waals surface area (Å²) in [5, 5.41) is 42.9. The summed E-state index contributed by atoms with van der Waals surface area (Å²) in [4.78, 5) is 139. The lowest BCUT2D eigenvalue weighted by molar-refractivity contribution is -0.141. The third kappa shape index (κ3) is 15.1. The summed E-state index contributed by atoms with van der Waals surface area (Å²) in [5.41, 5.74) is 3.81. The monoisotopic (exact) mass is 982 g/mol. The number of carbonyl (C=O) groups is 10. The molecule has 9 atom stereocenters. The third-order valence-corrected chi connectivity index (χ3v) is 13.8. The molecule has 5 rings (SSSR count). The molecule has 0 unspecified atom stereocenters. The van der Waals surface area contributed by atoms with Gasteiger partial charge in [-0.2, -0.15) is 0 Å². The van der Waals surface area contributed by atoms with Gasteiger partial charge >= 0.3 is 5.97 Å². The van der Waals surface area contributed by atoms with Gasteiger partial charge in [0.15, 0.2) is 0 Å². The molecule has 9 amide bonds. The van der Waals surface area contributed by atoms with Crippen molar-refractivity contribution in [3.05, 3.63) is 58.7 Å². The van der Waals surface area contributed by atoms with Crippen molar-refractivity contribution in [3.8, 4) is 0 Å². The summed E-state index contributed by atoms with van der Waals surface area (Å²) in [6.07, 6.45) is 0.604. The predicted molar refractivity (Wildman–Crippen MR) is 250 cm³/mol. The van der Waals surface area contributed by atoms with Crippen molar-refractivity contribution in [2.24, 2.45) is 10.9 Å². The second-order valence-corrected chi connectivity index (χ2v) is 19.5. The van der Waals surface area contributed by atoms with Gasteiger partial charge in [-0.1, -0.05) is 64.9 Å². The number of hydrogen-bond donors (Lipinski definition) is 11. The Bertz CT molecular complexity index is 2240. The largest absolute Gasteiger partial charge is 0.481 e. The van der Waals surface area contributed by atoms with Gasteiger partial charge < -0.3 is 58.1 Å². The molecule has 1 aliphatic carbocycles. The molecule has 2 bridgehead atoms. The number of aliphatic hydroxyl groups is 1. The maximum Gasteiger partial charge on any atom is 0.305 e. The van der Waals surface area contributed by atoms with Crippen LogP contribution in [0.25, 0.3) is 0 Å². The molecule has 3 heterocycles. The van der Waals surface area contributed by atoms with Crippen LogP contribution in [0.2, 0.25) is 0 Å². The Morgan fingerprint density at radius 2 is 1.29 bits per heavy atom. The Kier molecular flexibility index (Phi) is 19.1. The maximum atomic E-state index is 13.8. The second-order valence-electron chi connectivity index (χ2n) is 16.9. The quantitative estimate of drug-likeness (QED) is 0.138. The highest BCUT2D eigenvalue weighted by atomic mass is 33.1. The van der Waals surface area contributed by atoms with Crippen LogP contribution in [0.5, 0.6) is 0 Å². The maximum absolute atomic E-state index is 13.8. The fourth-order valence-electron chi connectivity index (χ4n) is 7.76. The van der Waals surface area contributed by atoms with E-state index >= 15 is 0 Å². The van der Waals surface area contributed by atoms with Gasteiger partial charge in [0.1, 0.15) is 42.3 Å². The highest BCUT2D eigenvalue weighted by molar-refractivity contribution is 8.76. The number of nitrogens with one attached hydrogen (secondary N) is 9. The van der Waals surface area contributed by atoms with Crippen LogP contribution < -0.4 is 47.9 Å². The van der Waals surface area contributed by atoms with Crippen LogP contribution in [0.4, 0.5) is 0 Å². The third-order valence-electron chi connectivity index (χ3n) is 11.3. The summed E-state index contributed by atoms with van der Waals surface area (Å²) in [6.45, 7) is 5.63. The molecular weight excluding hydrogens is 925 g/mol. The Morgan fingerprint density at radius 1 is 0.691 bits per heavy atom. The summed E-state index contributed by atoms with van der Waals surface area (Å²) < 4.78 is 0. The molecule has 68 heavy (non-hydrogen) atoms. The summed E-state index contributed by atoms with van der Waals surface area (Å²) in [5.74, 6) is -9.37. The van der Waals surface area contributed by atoms with Gasteiger partial charge in [-0.25, -0.2) is 0 Å². The number of hydrogen-bond acceptors (Lipinski definition) is 14. The van der Waals surface area contributed by atoms with Crippen LogP contribution in [0, 0.1) is 5.92 Å². The molecule has 4 aliphatic rings. The van der Waals surface area contributed by atoms with Crippen molar-refractivity contribution in [3.63, 3.8) is 0 Å². The van der Waals surface area contributed by atoms with Gasteiger partial charge in [0, 0.05) is 24.5 Å². The molecule has 11 N–H and O–H groups in total. The zero-order valence-electron chi connectivity index (χ0n) is 38.0. The van der Waals surface area contributed by atoms with Crippen LogP contribution in [-0.4, -0.2) is 155 Å². The number of amides is 9. The van der Waals surface area contributed by atoms with Crippen LogP contribution in [0.1, 0.15) is 58.9 Å². The van der Waals surface area contributed by atoms with Crippen molar-refractivity contribution in [2.45, 2.75) is 108 Å². The topological polar surface area (TPSA) is 332 Å². The van der Waals surface area contributed by atoms with Gasteiger partial charge in [0.05, 0.1) is 37.7 Å². The van der Waals surface area contributed by atoms with Gasteiger partial charge in [-0.15, -0.1) is 0 Å². The number of aliphatic imine (C=N–C) groups is 1. The van der Waals surface area contributed by atoms with E-state index in [0.717, 1.165) is 38.3 Å². The number of aliphatic hydroxyl groups excluding tert-OH is 1. The molecule has 24 heteroatoms. The standard InChI is InChI=1S/C44H58N10O12S2/c1-21-12-26-15-34(56)48-22(2)38(60)52-32-19-67-68-20-33(53-44(66)37(24(4)55)54-39(61)23(3)49-42(32)64)43(65)51-30(16-36(58)59)41(63)47-18-35(57)50-29(14-25-8-6-5-7-9-25)40(62)46-17-31-27(10-11-45-31)28(26)13-21/h5-9,12,21-24,29-30,32-33,37,55H,10-11,13-20H2,1-4H3,(H,46,62)(H,47,63)(H,48,56)(H,49,64)(H,50,57)(H,51,65)(H,52,60)(H,53,66)(H,54,61)(H,58,59)/b28-27-/t21-,22-,23-,24+,29-,30-,32+,33+,37-/m0/s1. The summed E-state index contributed by atoms with van der Waals surface area (Å²) >= 11 is 0. The van der Waals surface area contributed by atoms with Crippen molar-refractivity contribution >= 4 is 86.4 Å². The van der Waals surface area contributed by atoms with E-state index in [2.05, 4.69) is 52.8 Å². The van der Waals surface area contributed by atoms with E-state index in [0.29, 0.717) is 30.7 Å². The molecule has 0 saturated carbocycles. The minimum absolute atomic E-state index is 0.00664. The van der Waals surface area contributed by atoms with E-state index in [1.807, 2.05) is 13.0 Å². The summed E-state index contributed by atoms with van der Waals surface area (Å²) in [7, 11) is 1.94. The Labute approximate surface area is 400 Å². The van der Waals surface area contributed by atoms with Crippen LogP contribution in [-0.2, 0) is 54.4 Å². The first-order chi connectivity index (χ1) is 32.3. The van der Waals surface area contributed by atoms with Gasteiger partial charge in [-0.3, -0.25) is 52.9 Å². The fraction of sp³-hybridized carbons (Fsp3) is 0.523. The molecule has 0 spiro atoms. The first-order valence-corrected chi connectivity index (χ1v) is 24.6. The number of rotatable bonds is 5. The number of benzene rings is 1. The number of fused-ring (bicyclic) bond motifs is 7. The number of allylic oxidation sites excluding steroid dienone is 2. The molecule has 1 fully saturated rings. The average molecular weight is 983 g/mol. The normalized spacial score (nSPS) is 29.6. The average Bonchev–Trinajstić information content (AvgIpc) is 3.90. The van der Waals surface area contributed by atoms with Gasteiger partial charge in [0.2, 0.25) is 53.2 Å². The van der Waals surface area contributed by atoms with E-state index in [9.17, 15) is 58.2 Å². The molecule has 0 radical (unpaired) electrons.